The summed E-state index contributed by atoms with van der Waals surface area (Å²) >= 11 is 0. The summed E-state index contributed by atoms with van der Waals surface area (Å²) in [7, 11) is 0. The summed E-state index contributed by atoms with van der Waals surface area (Å²) in [6.07, 6.45) is 1.31. The van der Waals surface area contributed by atoms with Crippen LogP contribution in [-0.2, 0) is 0 Å². The third-order valence-corrected chi connectivity index (χ3v) is 4.22. The van der Waals surface area contributed by atoms with Gasteiger partial charge in [0, 0.05) is 32.1 Å². The highest BCUT2D eigenvalue weighted by Gasteiger charge is 2.14. The first kappa shape index (κ1) is 9.03. The molecule has 0 spiro atoms. The summed E-state index contributed by atoms with van der Waals surface area (Å²) in [5, 5.41) is 1.59. The van der Waals surface area contributed by atoms with Gasteiger partial charge in [-0.05, 0) is 54.5 Å². The molecule has 0 saturated carbocycles. The van der Waals surface area contributed by atoms with E-state index in [9.17, 15) is 0 Å². The molecule has 2 heterocycles. The normalized spacial score (nSPS) is 17.5. The Morgan fingerprint density at radius 3 is 2.79 bits per heavy atom. The van der Waals surface area contributed by atoms with E-state index in [2.05, 4.69) is 4.98 Å². The average Bonchev–Trinajstić information content (AvgIpc) is 3.03. The minimum Gasteiger partial charge on any atom is -0.455 e. The van der Waals surface area contributed by atoms with Crippen LogP contribution < -0.4 is 0 Å². The molecule has 0 radical (unpaired) electrons. The zero-order chi connectivity index (χ0) is 22.8. The van der Waals surface area contributed by atoms with Gasteiger partial charge >= 0.3 is 0 Å². The number of para-hydroxylation sites is 1. The maximum absolute atomic E-state index is 8.43. The van der Waals surface area contributed by atoms with Gasteiger partial charge in [-0.1, -0.05) is 38.1 Å². The van der Waals surface area contributed by atoms with Gasteiger partial charge in [-0.25, -0.2) is 0 Å². The van der Waals surface area contributed by atoms with Gasteiger partial charge in [0.05, 0.1) is 5.69 Å². The zero-order valence-electron chi connectivity index (χ0n) is 20.5. The predicted octanol–water partition coefficient (Wildman–Crippen LogP) is 6.39. The topological polar surface area (TPSA) is 26.0 Å². The zero-order valence-corrected chi connectivity index (χ0v) is 13.5. The Morgan fingerprint density at radius 1 is 1.08 bits per heavy atom. The summed E-state index contributed by atoms with van der Waals surface area (Å²) in [4.78, 5) is 4.37. The van der Waals surface area contributed by atoms with Crippen LogP contribution in [0.2, 0.25) is 0 Å². The molecular weight excluding hydrogens is 294 g/mol. The molecule has 0 N–H and O–H groups in total. The van der Waals surface area contributed by atoms with Crippen LogP contribution in [0.3, 0.4) is 0 Å². The molecule has 2 aromatic heterocycles. The highest BCUT2D eigenvalue weighted by Crippen LogP contribution is 2.36. The second-order valence-corrected chi connectivity index (χ2v) is 6.11. The first-order valence-electron chi connectivity index (χ1n) is 11.2. The van der Waals surface area contributed by atoms with Crippen molar-refractivity contribution in [1.82, 2.24) is 4.98 Å². The van der Waals surface area contributed by atoms with Crippen LogP contribution in [0.25, 0.3) is 33.2 Å². The molecule has 0 fully saturated rings. The van der Waals surface area contributed by atoms with Crippen LogP contribution in [-0.4, -0.2) is 4.98 Å². The van der Waals surface area contributed by atoms with Crippen molar-refractivity contribution in [3.8, 4) is 11.3 Å². The second-order valence-electron chi connectivity index (χ2n) is 6.11. The molecular formula is C22H21NO. The van der Waals surface area contributed by atoms with Gasteiger partial charge in [0.2, 0.25) is 0 Å². The minimum atomic E-state index is -2.38. The molecule has 2 aromatic carbocycles. The standard InChI is InChI=1S/C22H21NO/c1-13(2)19-11-20(23-12-15(19)4)18-7-5-6-17-16-9-8-14(3)10-21(16)24-22(17)18/h5-13H,1-4H3/i3D3,4D3,13D. The molecule has 4 rings (SSSR count). The molecule has 24 heavy (non-hydrogen) atoms. The van der Waals surface area contributed by atoms with E-state index in [1.54, 1.807) is 32.0 Å². The van der Waals surface area contributed by atoms with Gasteiger partial charge in [-0.2, -0.15) is 0 Å². The summed E-state index contributed by atoms with van der Waals surface area (Å²) in [6.45, 7) is -1.34. The Bertz CT molecular complexity index is 1290. The van der Waals surface area contributed by atoms with Gasteiger partial charge in [0.15, 0.2) is 0 Å². The molecule has 0 aliphatic carbocycles. The van der Waals surface area contributed by atoms with Crippen molar-refractivity contribution in [1.29, 1.82) is 0 Å². The number of hydrogen-bond acceptors (Lipinski definition) is 2. The Morgan fingerprint density at radius 2 is 2.00 bits per heavy atom. The van der Waals surface area contributed by atoms with Gasteiger partial charge in [0.1, 0.15) is 11.2 Å². The van der Waals surface area contributed by atoms with Crippen LogP contribution in [0.15, 0.2) is 53.1 Å². The highest BCUT2D eigenvalue weighted by molar-refractivity contribution is 6.09. The van der Waals surface area contributed by atoms with Gasteiger partial charge < -0.3 is 4.42 Å². The fourth-order valence-electron chi connectivity index (χ4n) is 3.02. The lowest BCUT2D eigenvalue weighted by molar-refractivity contribution is 0.669. The van der Waals surface area contributed by atoms with E-state index in [0.717, 1.165) is 10.8 Å². The maximum Gasteiger partial charge on any atom is 0.144 e. The van der Waals surface area contributed by atoms with Gasteiger partial charge in [-0.3, -0.25) is 4.98 Å². The molecule has 0 aliphatic rings. The summed E-state index contributed by atoms with van der Waals surface area (Å²) in [6, 6.07) is 12.0. The summed E-state index contributed by atoms with van der Waals surface area (Å²) < 4.78 is 60.7. The molecule has 2 heteroatoms. The molecule has 2 nitrogen and oxygen atoms in total. The molecule has 120 valence electrons. The number of nitrogens with zero attached hydrogens (tertiary/aromatic N) is 1. The molecule has 0 amide bonds. The van der Waals surface area contributed by atoms with E-state index in [-0.39, 0.29) is 11.1 Å². The van der Waals surface area contributed by atoms with Crippen molar-refractivity contribution in [2.45, 2.75) is 33.4 Å². The van der Waals surface area contributed by atoms with E-state index in [1.807, 2.05) is 18.2 Å². The van der Waals surface area contributed by atoms with Crippen LogP contribution in [0.4, 0.5) is 0 Å². The largest absolute Gasteiger partial charge is 0.455 e. The van der Waals surface area contributed by atoms with Crippen molar-refractivity contribution < 1.29 is 14.0 Å². The summed E-state index contributed by atoms with van der Waals surface area (Å²) in [5.41, 5.74) is 2.74. The third kappa shape index (κ3) is 2.30. The monoisotopic (exact) mass is 322 g/mol. The fraction of sp³-hybridized carbons (Fsp3) is 0.227. The van der Waals surface area contributed by atoms with Crippen molar-refractivity contribution in [2.24, 2.45) is 0 Å². The van der Waals surface area contributed by atoms with Crippen LogP contribution >= 0.6 is 0 Å². The first-order valence-corrected chi connectivity index (χ1v) is 7.74. The van der Waals surface area contributed by atoms with Crippen LogP contribution in [0.5, 0.6) is 0 Å². The Kier molecular flexibility index (Phi) is 2.06. The average molecular weight is 322 g/mol. The molecule has 0 bridgehead atoms. The summed E-state index contributed by atoms with van der Waals surface area (Å²) in [5.74, 6) is -1.14. The number of fused-ring (bicyclic) bond motifs is 3. The minimum absolute atomic E-state index is 0.0513. The molecule has 0 atom stereocenters. The lowest BCUT2D eigenvalue weighted by atomic mass is 9.97. The number of rotatable bonds is 2. The lowest BCUT2D eigenvalue weighted by Crippen LogP contribution is -1.95. The maximum atomic E-state index is 8.43. The number of hydrogen-bond donors (Lipinski definition) is 0. The van der Waals surface area contributed by atoms with Crippen molar-refractivity contribution in [2.75, 3.05) is 0 Å². The molecule has 0 aliphatic heterocycles. The third-order valence-electron chi connectivity index (χ3n) is 4.22. The number of pyridine rings is 1. The predicted molar refractivity (Wildman–Crippen MR) is 101 cm³/mol. The number of aryl methyl sites for hydroxylation is 2. The van der Waals surface area contributed by atoms with Gasteiger partial charge in [0.25, 0.3) is 0 Å². The van der Waals surface area contributed by atoms with Crippen molar-refractivity contribution in [3.05, 3.63) is 65.4 Å². The molecule has 0 saturated heterocycles. The van der Waals surface area contributed by atoms with E-state index < -0.39 is 19.6 Å². The van der Waals surface area contributed by atoms with Crippen LogP contribution in [0, 0.1) is 13.7 Å². The number of furan rings is 1. The van der Waals surface area contributed by atoms with E-state index in [4.69, 9.17) is 14.0 Å². The SMILES string of the molecule is [2H]C([2H])([2H])c1ccc2c(c1)oc1c(-c3cc(C([2H])(C)C)c(C([2H])([2H])[2H])cn3)cccc12. The molecule has 4 aromatic rings. The number of aromatic nitrogens is 1. The highest BCUT2D eigenvalue weighted by atomic mass is 16.3. The van der Waals surface area contributed by atoms with E-state index in [1.165, 1.54) is 12.3 Å². The lowest BCUT2D eigenvalue weighted by Gasteiger charge is -2.11. The van der Waals surface area contributed by atoms with Gasteiger partial charge in [-0.15, -0.1) is 0 Å². The quantitative estimate of drug-likeness (QED) is 0.427. The Labute approximate surface area is 152 Å². The van der Waals surface area contributed by atoms with E-state index >= 15 is 0 Å². The second kappa shape index (κ2) is 5.48. The Hall–Kier alpha value is -2.61. The first-order chi connectivity index (χ1) is 14.3. The fourth-order valence-corrected chi connectivity index (χ4v) is 3.02. The number of benzene rings is 2. The van der Waals surface area contributed by atoms with Crippen molar-refractivity contribution in [3.63, 3.8) is 0 Å². The smallest absolute Gasteiger partial charge is 0.144 e. The van der Waals surface area contributed by atoms with E-state index in [0.29, 0.717) is 28.0 Å². The van der Waals surface area contributed by atoms with Crippen LogP contribution in [0.1, 0.15) is 46.0 Å². The molecule has 0 unspecified atom stereocenters. The van der Waals surface area contributed by atoms with Crippen molar-refractivity contribution >= 4 is 21.9 Å². The Balaban J connectivity index is 1.96.